The van der Waals surface area contributed by atoms with Gasteiger partial charge in [-0.3, -0.25) is 0 Å². The second-order valence-corrected chi connectivity index (χ2v) is 15.9. The number of rotatable bonds is 8. The molecule has 12 rings (SSSR count). The summed E-state index contributed by atoms with van der Waals surface area (Å²) < 4.78 is 40.6. The molecule has 63 heavy (non-hydrogen) atoms. The number of aromatic nitrogens is 1. The standard InChI is InChI=1S/C60H41N3/c1-3-18-49(19-4-1)61(54-36-37-60-57(41-54)56-23-11-12-24-59(56)63(60)50-20-5-2-6-21-50)51-32-28-43(29-33-51)46-26-27-48-40-53(35-31-47(48)38-46)62(52-34-30-42-14-7-8-16-45(42)39-52)58-25-13-17-44-15-9-10-22-55(44)58/h1-41H/i28D,29D,32D,33D. The van der Waals surface area contributed by atoms with Crippen molar-refractivity contribution in [3.8, 4) is 16.8 Å². The first-order chi connectivity index (χ1) is 32.9. The average Bonchev–Trinajstić information content (AvgIpc) is 3.71. The lowest BCUT2D eigenvalue weighted by Gasteiger charge is -2.27. The van der Waals surface area contributed by atoms with E-state index in [0.29, 0.717) is 5.56 Å². The summed E-state index contributed by atoms with van der Waals surface area (Å²) in [5.41, 5.74) is 8.75. The predicted molar refractivity (Wildman–Crippen MR) is 268 cm³/mol. The van der Waals surface area contributed by atoms with Crippen molar-refractivity contribution in [1.82, 2.24) is 4.57 Å². The molecule has 11 aromatic carbocycles. The van der Waals surface area contributed by atoms with E-state index >= 15 is 0 Å². The molecule has 0 radical (unpaired) electrons. The molecular formula is C60H41N3. The van der Waals surface area contributed by atoms with Crippen LogP contribution in [0.25, 0.3) is 70.9 Å². The summed E-state index contributed by atoms with van der Waals surface area (Å²) in [5, 5.41) is 8.62. The van der Waals surface area contributed by atoms with Crippen molar-refractivity contribution in [1.29, 1.82) is 0 Å². The monoisotopic (exact) mass is 807 g/mol. The van der Waals surface area contributed by atoms with Gasteiger partial charge in [-0.15, -0.1) is 0 Å². The highest BCUT2D eigenvalue weighted by Gasteiger charge is 2.19. The Labute approximate surface area is 372 Å². The van der Waals surface area contributed by atoms with Crippen LogP contribution in [0.2, 0.25) is 0 Å². The van der Waals surface area contributed by atoms with Gasteiger partial charge in [0.25, 0.3) is 0 Å². The Kier molecular flexibility index (Phi) is 7.84. The van der Waals surface area contributed by atoms with Gasteiger partial charge in [0.15, 0.2) is 0 Å². The molecule has 12 aromatic rings. The van der Waals surface area contributed by atoms with Crippen LogP contribution in [0.5, 0.6) is 0 Å². The van der Waals surface area contributed by atoms with Gasteiger partial charge in [0.2, 0.25) is 0 Å². The van der Waals surface area contributed by atoms with Gasteiger partial charge < -0.3 is 14.4 Å². The summed E-state index contributed by atoms with van der Waals surface area (Å²) in [7, 11) is 0. The van der Waals surface area contributed by atoms with Crippen LogP contribution in [-0.4, -0.2) is 4.57 Å². The van der Waals surface area contributed by atoms with Crippen LogP contribution in [0.1, 0.15) is 5.48 Å². The first-order valence-electron chi connectivity index (χ1n) is 23.3. The van der Waals surface area contributed by atoms with Crippen LogP contribution in [0.3, 0.4) is 0 Å². The molecule has 1 aromatic heterocycles. The molecule has 3 nitrogen and oxygen atoms in total. The SMILES string of the molecule is [2H]c1c([2H])c(N(c2ccccc2)c2ccc3c(c2)c2ccccc2n3-c2ccccc2)c([2H])c([2H])c1-c1ccc2cc(N(c3ccc4ccccc4c3)c3cccc4ccccc34)ccc2c1. The summed E-state index contributed by atoms with van der Waals surface area (Å²) >= 11 is 0. The van der Waals surface area contributed by atoms with Crippen LogP contribution < -0.4 is 9.80 Å². The molecule has 0 saturated carbocycles. The van der Waals surface area contributed by atoms with E-state index in [1.165, 1.54) is 5.39 Å². The zero-order valence-corrected chi connectivity index (χ0v) is 34.2. The fourth-order valence-corrected chi connectivity index (χ4v) is 9.18. The molecule has 0 atom stereocenters. The van der Waals surface area contributed by atoms with E-state index in [1.54, 1.807) is 0 Å². The number of nitrogens with zero attached hydrogens (tertiary/aromatic N) is 3. The third kappa shape index (κ3) is 6.46. The Bertz CT molecular complexity index is 3850. The molecule has 0 unspecified atom stereocenters. The van der Waals surface area contributed by atoms with E-state index in [0.717, 1.165) is 82.9 Å². The van der Waals surface area contributed by atoms with E-state index in [9.17, 15) is 5.48 Å². The van der Waals surface area contributed by atoms with Gasteiger partial charge in [0, 0.05) is 50.3 Å². The number of anilines is 6. The summed E-state index contributed by atoms with van der Waals surface area (Å²) in [6.45, 7) is 0. The van der Waals surface area contributed by atoms with Crippen LogP contribution in [0, 0.1) is 0 Å². The first kappa shape index (κ1) is 32.4. The zero-order chi connectivity index (χ0) is 45.2. The van der Waals surface area contributed by atoms with E-state index < -0.39 is 0 Å². The maximum Gasteiger partial charge on any atom is 0.0645 e. The van der Waals surface area contributed by atoms with E-state index in [-0.39, 0.29) is 35.4 Å². The highest BCUT2D eigenvalue weighted by atomic mass is 15.1. The van der Waals surface area contributed by atoms with Crippen LogP contribution in [0.15, 0.2) is 249 Å². The van der Waals surface area contributed by atoms with Gasteiger partial charge in [0.05, 0.1) is 22.2 Å². The topological polar surface area (TPSA) is 11.4 Å². The van der Waals surface area contributed by atoms with E-state index in [4.69, 9.17) is 0 Å². The van der Waals surface area contributed by atoms with E-state index in [1.807, 2.05) is 89.8 Å². The fraction of sp³-hybridized carbons (Fsp3) is 0. The molecule has 0 spiro atoms. The van der Waals surface area contributed by atoms with Gasteiger partial charge in [-0.2, -0.15) is 0 Å². The van der Waals surface area contributed by atoms with Crippen LogP contribution in [-0.2, 0) is 0 Å². The van der Waals surface area contributed by atoms with Crippen molar-refractivity contribution in [3.05, 3.63) is 249 Å². The van der Waals surface area contributed by atoms with Crippen molar-refractivity contribution in [3.63, 3.8) is 0 Å². The maximum atomic E-state index is 9.63. The largest absolute Gasteiger partial charge is 0.310 e. The van der Waals surface area contributed by atoms with Crippen molar-refractivity contribution in [2.45, 2.75) is 0 Å². The van der Waals surface area contributed by atoms with Gasteiger partial charge >= 0.3 is 0 Å². The molecule has 0 aliphatic heterocycles. The average molecular weight is 808 g/mol. The minimum absolute atomic E-state index is 0.104. The van der Waals surface area contributed by atoms with Crippen molar-refractivity contribution < 1.29 is 5.48 Å². The molecule has 0 bridgehead atoms. The minimum atomic E-state index is -0.122. The lowest BCUT2D eigenvalue weighted by atomic mass is 9.99. The second-order valence-electron chi connectivity index (χ2n) is 15.9. The van der Waals surface area contributed by atoms with Crippen molar-refractivity contribution in [2.75, 3.05) is 9.80 Å². The van der Waals surface area contributed by atoms with E-state index in [2.05, 4.69) is 149 Å². The molecule has 0 fully saturated rings. The predicted octanol–water partition coefficient (Wildman–Crippen LogP) is 16.8. The molecule has 0 saturated heterocycles. The molecular weight excluding hydrogens is 763 g/mol. The van der Waals surface area contributed by atoms with Gasteiger partial charge in [-0.1, -0.05) is 152 Å². The smallest absolute Gasteiger partial charge is 0.0645 e. The highest BCUT2D eigenvalue weighted by Crippen LogP contribution is 2.43. The number of fused-ring (bicyclic) bond motifs is 6. The normalized spacial score (nSPS) is 12.4. The summed E-state index contributed by atoms with van der Waals surface area (Å²) in [4.78, 5) is 4.17. The van der Waals surface area contributed by atoms with Gasteiger partial charge in [-0.25, -0.2) is 0 Å². The first-order valence-corrected chi connectivity index (χ1v) is 21.3. The Morgan fingerprint density at radius 1 is 0.302 bits per heavy atom. The number of benzene rings is 11. The van der Waals surface area contributed by atoms with Crippen molar-refractivity contribution in [2.24, 2.45) is 0 Å². The second kappa shape index (κ2) is 15.3. The summed E-state index contributed by atoms with van der Waals surface area (Å²) in [5.74, 6) is 0. The molecule has 0 N–H and O–H groups in total. The molecule has 296 valence electrons. The molecule has 3 heteroatoms. The summed E-state index contributed by atoms with van der Waals surface area (Å²) in [6.07, 6.45) is 0. The molecule has 0 aliphatic rings. The zero-order valence-electron chi connectivity index (χ0n) is 38.2. The number of hydrogen-bond donors (Lipinski definition) is 0. The summed E-state index contributed by atoms with van der Waals surface area (Å²) in [6, 6.07) is 76.2. The molecule has 1 heterocycles. The molecule has 0 amide bonds. The Balaban J connectivity index is 0.971. The minimum Gasteiger partial charge on any atom is -0.310 e. The number of para-hydroxylation sites is 3. The Morgan fingerprint density at radius 2 is 0.857 bits per heavy atom. The Morgan fingerprint density at radius 3 is 1.65 bits per heavy atom. The van der Waals surface area contributed by atoms with Crippen molar-refractivity contribution >= 4 is 88.2 Å². The fourth-order valence-electron chi connectivity index (χ4n) is 9.18. The van der Waals surface area contributed by atoms with Crippen LogP contribution in [0.4, 0.5) is 34.1 Å². The highest BCUT2D eigenvalue weighted by molar-refractivity contribution is 6.11. The quantitative estimate of drug-likeness (QED) is 0.151. The van der Waals surface area contributed by atoms with Gasteiger partial charge in [0.1, 0.15) is 0 Å². The van der Waals surface area contributed by atoms with Crippen LogP contribution >= 0.6 is 0 Å². The third-order valence-electron chi connectivity index (χ3n) is 12.1. The van der Waals surface area contributed by atoms with Gasteiger partial charge in [-0.05, 0) is 135 Å². The number of hydrogen-bond acceptors (Lipinski definition) is 2. The third-order valence-corrected chi connectivity index (χ3v) is 12.1. The lowest BCUT2D eigenvalue weighted by Crippen LogP contribution is -2.10. The maximum absolute atomic E-state index is 9.63. The lowest BCUT2D eigenvalue weighted by molar-refractivity contribution is 1.18. The Hall–Kier alpha value is -8.40. The molecule has 0 aliphatic carbocycles.